The number of nitrogens with two attached hydrogens (primary N) is 1. The van der Waals surface area contributed by atoms with Gasteiger partial charge in [-0.3, -0.25) is 0 Å². The van der Waals surface area contributed by atoms with E-state index in [0.717, 1.165) is 18.4 Å². The number of benzene rings is 1. The monoisotopic (exact) mass is 235 g/mol. The molecular formula is C14H21NO2. The maximum atomic E-state index is 11.7. The van der Waals surface area contributed by atoms with E-state index in [1.807, 2.05) is 39.0 Å². The zero-order valence-corrected chi connectivity index (χ0v) is 10.8. The SMILES string of the molecule is CCOC(=O)c1ccccc1CCC(C)(C)N. The molecule has 0 radical (unpaired) electrons. The van der Waals surface area contributed by atoms with Gasteiger partial charge in [0.1, 0.15) is 0 Å². The average Bonchev–Trinajstić information content (AvgIpc) is 2.26. The highest BCUT2D eigenvalue weighted by atomic mass is 16.5. The first-order valence-corrected chi connectivity index (χ1v) is 5.98. The highest BCUT2D eigenvalue weighted by Crippen LogP contribution is 2.16. The van der Waals surface area contributed by atoms with Crippen molar-refractivity contribution >= 4 is 5.97 Å². The van der Waals surface area contributed by atoms with Gasteiger partial charge in [0.2, 0.25) is 0 Å². The summed E-state index contributed by atoms with van der Waals surface area (Å²) in [6.07, 6.45) is 1.63. The van der Waals surface area contributed by atoms with Crippen molar-refractivity contribution in [3.8, 4) is 0 Å². The van der Waals surface area contributed by atoms with Crippen molar-refractivity contribution in [3.63, 3.8) is 0 Å². The Hall–Kier alpha value is -1.35. The Morgan fingerprint density at radius 1 is 1.35 bits per heavy atom. The summed E-state index contributed by atoms with van der Waals surface area (Å²) >= 11 is 0. The molecule has 3 nitrogen and oxygen atoms in total. The second-order valence-electron chi connectivity index (χ2n) is 4.87. The number of ether oxygens (including phenoxy) is 1. The third-order valence-corrected chi connectivity index (χ3v) is 2.55. The van der Waals surface area contributed by atoms with E-state index in [0.29, 0.717) is 12.2 Å². The summed E-state index contributed by atoms with van der Waals surface area (Å²) in [7, 11) is 0. The van der Waals surface area contributed by atoms with Crippen LogP contribution in [0.2, 0.25) is 0 Å². The van der Waals surface area contributed by atoms with E-state index in [9.17, 15) is 4.79 Å². The molecule has 94 valence electrons. The number of aryl methyl sites for hydroxylation is 1. The highest BCUT2D eigenvalue weighted by molar-refractivity contribution is 5.91. The average molecular weight is 235 g/mol. The summed E-state index contributed by atoms with van der Waals surface area (Å²) in [5.74, 6) is -0.252. The minimum Gasteiger partial charge on any atom is -0.462 e. The van der Waals surface area contributed by atoms with Gasteiger partial charge < -0.3 is 10.5 Å². The van der Waals surface area contributed by atoms with Gasteiger partial charge in [-0.1, -0.05) is 18.2 Å². The van der Waals surface area contributed by atoms with E-state index in [1.54, 1.807) is 6.07 Å². The van der Waals surface area contributed by atoms with E-state index in [1.165, 1.54) is 0 Å². The molecule has 1 aromatic rings. The number of esters is 1. The Labute approximate surface area is 103 Å². The fraction of sp³-hybridized carbons (Fsp3) is 0.500. The molecule has 0 fully saturated rings. The van der Waals surface area contributed by atoms with Crippen LogP contribution in [0.4, 0.5) is 0 Å². The Morgan fingerprint density at radius 3 is 2.59 bits per heavy atom. The maximum absolute atomic E-state index is 11.7. The number of rotatable bonds is 5. The van der Waals surface area contributed by atoms with Gasteiger partial charge in [-0.2, -0.15) is 0 Å². The van der Waals surface area contributed by atoms with E-state index < -0.39 is 0 Å². The smallest absolute Gasteiger partial charge is 0.338 e. The molecule has 0 aromatic heterocycles. The predicted molar refractivity (Wildman–Crippen MR) is 69.0 cm³/mol. The molecule has 1 rings (SSSR count). The van der Waals surface area contributed by atoms with Gasteiger partial charge in [0, 0.05) is 5.54 Å². The predicted octanol–water partition coefficient (Wildman–Crippen LogP) is 2.53. The minimum atomic E-state index is -0.252. The van der Waals surface area contributed by atoms with E-state index >= 15 is 0 Å². The molecule has 0 heterocycles. The fourth-order valence-electron chi connectivity index (χ4n) is 1.60. The van der Waals surface area contributed by atoms with Gasteiger partial charge in [0.15, 0.2) is 0 Å². The lowest BCUT2D eigenvalue weighted by Crippen LogP contribution is -2.32. The molecule has 0 amide bonds. The lowest BCUT2D eigenvalue weighted by molar-refractivity contribution is 0.0525. The Bertz CT molecular complexity index is 380. The van der Waals surface area contributed by atoms with Gasteiger partial charge in [-0.25, -0.2) is 4.79 Å². The Kier molecular flexibility index (Phi) is 4.70. The van der Waals surface area contributed by atoms with Gasteiger partial charge in [0.05, 0.1) is 12.2 Å². The largest absolute Gasteiger partial charge is 0.462 e. The molecule has 2 N–H and O–H groups in total. The van der Waals surface area contributed by atoms with Gasteiger partial charge in [-0.15, -0.1) is 0 Å². The molecule has 1 aromatic carbocycles. The summed E-state index contributed by atoms with van der Waals surface area (Å²) in [4.78, 5) is 11.7. The topological polar surface area (TPSA) is 52.3 Å². The molecule has 0 atom stereocenters. The van der Waals surface area contributed by atoms with Gasteiger partial charge in [-0.05, 0) is 45.2 Å². The normalized spacial score (nSPS) is 11.3. The lowest BCUT2D eigenvalue weighted by atomic mass is 9.94. The van der Waals surface area contributed by atoms with Crippen molar-refractivity contribution in [3.05, 3.63) is 35.4 Å². The first-order valence-electron chi connectivity index (χ1n) is 5.98. The van der Waals surface area contributed by atoms with Crippen LogP contribution in [0.3, 0.4) is 0 Å². The standard InChI is InChI=1S/C14H21NO2/c1-4-17-13(16)12-8-6-5-7-11(12)9-10-14(2,3)15/h5-8H,4,9-10,15H2,1-3H3. The molecule has 3 heteroatoms. The van der Waals surface area contributed by atoms with Gasteiger partial charge in [0.25, 0.3) is 0 Å². The van der Waals surface area contributed by atoms with Crippen molar-refractivity contribution in [1.82, 2.24) is 0 Å². The van der Waals surface area contributed by atoms with E-state index in [2.05, 4.69) is 0 Å². The molecule has 0 aliphatic rings. The van der Waals surface area contributed by atoms with Crippen molar-refractivity contribution in [2.24, 2.45) is 5.73 Å². The fourth-order valence-corrected chi connectivity index (χ4v) is 1.60. The summed E-state index contributed by atoms with van der Waals surface area (Å²) < 4.78 is 5.03. The maximum Gasteiger partial charge on any atom is 0.338 e. The number of carbonyl (C=O) groups excluding carboxylic acids is 1. The third kappa shape index (κ3) is 4.57. The van der Waals surface area contributed by atoms with E-state index in [-0.39, 0.29) is 11.5 Å². The molecule has 0 bridgehead atoms. The minimum absolute atomic E-state index is 0.220. The quantitative estimate of drug-likeness (QED) is 0.798. The van der Waals surface area contributed by atoms with Crippen LogP contribution in [-0.4, -0.2) is 18.1 Å². The number of carbonyl (C=O) groups is 1. The zero-order valence-electron chi connectivity index (χ0n) is 10.8. The molecule has 17 heavy (non-hydrogen) atoms. The van der Waals surface area contributed by atoms with Gasteiger partial charge >= 0.3 is 5.97 Å². The first-order chi connectivity index (χ1) is 7.94. The zero-order chi connectivity index (χ0) is 12.9. The second-order valence-corrected chi connectivity index (χ2v) is 4.87. The van der Waals surface area contributed by atoms with Crippen LogP contribution in [0.15, 0.2) is 24.3 Å². The van der Waals surface area contributed by atoms with Crippen molar-refractivity contribution in [1.29, 1.82) is 0 Å². The van der Waals surface area contributed by atoms with Crippen LogP contribution < -0.4 is 5.73 Å². The van der Waals surface area contributed by atoms with Crippen LogP contribution in [0.5, 0.6) is 0 Å². The molecular weight excluding hydrogens is 214 g/mol. The summed E-state index contributed by atoms with van der Waals surface area (Å²) in [5, 5.41) is 0. The molecule has 0 saturated heterocycles. The summed E-state index contributed by atoms with van der Waals surface area (Å²) in [6.45, 7) is 6.18. The second kappa shape index (κ2) is 5.82. The number of hydrogen-bond donors (Lipinski definition) is 1. The summed E-state index contributed by atoms with van der Waals surface area (Å²) in [6, 6.07) is 7.54. The van der Waals surface area contributed by atoms with Crippen molar-refractivity contribution in [2.75, 3.05) is 6.61 Å². The lowest BCUT2D eigenvalue weighted by Gasteiger charge is -2.18. The first kappa shape index (κ1) is 13.7. The van der Waals surface area contributed by atoms with Crippen LogP contribution in [0.25, 0.3) is 0 Å². The Balaban J connectivity index is 2.81. The molecule has 0 aliphatic heterocycles. The van der Waals surface area contributed by atoms with E-state index in [4.69, 9.17) is 10.5 Å². The van der Waals surface area contributed by atoms with Crippen LogP contribution in [-0.2, 0) is 11.2 Å². The van der Waals surface area contributed by atoms with Crippen LogP contribution in [0, 0.1) is 0 Å². The highest BCUT2D eigenvalue weighted by Gasteiger charge is 2.15. The molecule has 0 spiro atoms. The Morgan fingerprint density at radius 2 is 2.00 bits per heavy atom. The van der Waals surface area contributed by atoms with Crippen LogP contribution >= 0.6 is 0 Å². The van der Waals surface area contributed by atoms with Crippen LogP contribution in [0.1, 0.15) is 43.1 Å². The summed E-state index contributed by atoms with van der Waals surface area (Å²) in [5.41, 5.74) is 7.39. The molecule has 0 unspecified atom stereocenters. The molecule has 0 aliphatic carbocycles. The third-order valence-electron chi connectivity index (χ3n) is 2.55. The number of hydrogen-bond acceptors (Lipinski definition) is 3. The van der Waals surface area contributed by atoms with Crippen molar-refractivity contribution < 1.29 is 9.53 Å². The van der Waals surface area contributed by atoms with Crippen molar-refractivity contribution in [2.45, 2.75) is 39.2 Å². The molecule has 0 saturated carbocycles.